The number of rotatable bonds is 6. The number of nitrogens with zero attached hydrogens (tertiary/aromatic N) is 2. The first kappa shape index (κ1) is 15.4. The Bertz CT molecular complexity index is 710. The minimum Gasteiger partial charge on any atom is -0.318 e. The van der Waals surface area contributed by atoms with Gasteiger partial charge in [0.1, 0.15) is 22.2 Å². The van der Waals surface area contributed by atoms with Crippen molar-refractivity contribution in [3.05, 3.63) is 42.2 Å². The van der Waals surface area contributed by atoms with Crippen molar-refractivity contribution in [1.82, 2.24) is 15.1 Å². The average molecular weight is 316 g/mol. The monoisotopic (exact) mass is 316 g/mol. The lowest BCUT2D eigenvalue weighted by molar-refractivity contribution is 0.579. The van der Waals surface area contributed by atoms with Gasteiger partial charge < -0.3 is 5.32 Å². The molecule has 0 aliphatic carbocycles. The lowest BCUT2D eigenvalue weighted by Gasteiger charge is -2.08. The molecule has 0 aliphatic rings. The number of benzene rings is 1. The first-order chi connectivity index (χ1) is 9.94. The molecule has 0 saturated carbocycles. The standard InChI is InChI=1S/C12H14F2N4O2S/c1-15-5-6-18-8-9(7-16-18)21(19,20)17-12-10(13)3-2-4-11(12)14/h2-4,7-8,15,17H,5-6H2,1H3. The Labute approximate surface area is 120 Å². The van der Waals surface area contributed by atoms with Gasteiger partial charge in [0, 0.05) is 12.7 Å². The van der Waals surface area contributed by atoms with E-state index in [0.29, 0.717) is 13.1 Å². The third-order valence-corrected chi connectivity index (χ3v) is 4.01. The Hall–Kier alpha value is -2.00. The maximum Gasteiger partial charge on any atom is 0.265 e. The van der Waals surface area contributed by atoms with E-state index in [1.807, 2.05) is 4.72 Å². The maximum absolute atomic E-state index is 13.5. The van der Waals surface area contributed by atoms with Crippen LogP contribution in [0.5, 0.6) is 0 Å². The molecule has 2 aromatic rings. The number of hydrogen-bond donors (Lipinski definition) is 2. The zero-order chi connectivity index (χ0) is 15.5. The second kappa shape index (κ2) is 6.19. The predicted molar refractivity (Wildman–Crippen MR) is 73.3 cm³/mol. The number of sulfonamides is 1. The Morgan fingerprint density at radius 3 is 2.57 bits per heavy atom. The maximum atomic E-state index is 13.5. The molecular weight excluding hydrogens is 302 g/mol. The first-order valence-electron chi connectivity index (χ1n) is 6.08. The van der Waals surface area contributed by atoms with Gasteiger partial charge in [0.15, 0.2) is 0 Å². The van der Waals surface area contributed by atoms with Crippen LogP contribution in [0.2, 0.25) is 0 Å². The van der Waals surface area contributed by atoms with Gasteiger partial charge >= 0.3 is 0 Å². The molecule has 6 nitrogen and oxygen atoms in total. The van der Waals surface area contributed by atoms with Gasteiger partial charge in [-0.05, 0) is 19.2 Å². The molecule has 0 aliphatic heterocycles. The van der Waals surface area contributed by atoms with Gasteiger partial charge in [0.25, 0.3) is 10.0 Å². The number of para-hydroxylation sites is 1. The highest BCUT2D eigenvalue weighted by molar-refractivity contribution is 7.92. The van der Waals surface area contributed by atoms with E-state index in [1.165, 1.54) is 10.9 Å². The average Bonchev–Trinajstić information content (AvgIpc) is 2.90. The van der Waals surface area contributed by atoms with E-state index < -0.39 is 27.3 Å². The minimum absolute atomic E-state index is 0.166. The Morgan fingerprint density at radius 1 is 1.29 bits per heavy atom. The molecule has 9 heteroatoms. The second-order valence-corrected chi connectivity index (χ2v) is 5.93. The normalized spacial score (nSPS) is 11.6. The largest absolute Gasteiger partial charge is 0.318 e. The molecule has 0 saturated heterocycles. The van der Waals surface area contributed by atoms with Crippen molar-refractivity contribution >= 4 is 15.7 Å². The summed E-state index contributed by atoms with van der Waals surface area (Å²) >= 11 is 0. The molecule has 2 rings (SSSR count). The summed E-state index contributed by atoms with van der Waals surface area (Å²) in [6.07, 6.45) is 2.41. The smallest absolute Gasteiger partial charge is 0.265 e. The molecule has 21 heavy (non-hydrogen) atoms. The van der Waals surface area contributed by atoms with Crippen LogP contribution >= 0.6 is 0 Å². The van der Waals surface area contributed by atoms with Crippen LogP contribution < -0.4 is 10.0 Å². The quantitative estimate of drug-likeness (QED) is 0.839. The van der Waals surface area contributed by atoms with E-state index in [4.69, 9.17) is 0 Å². The zero-order valence-electron chi connectivity index (χ0n) is 11.2. The zero-order valence-corrected chi connectivity index (χ0v) is 12.0. The third kappa shape index (κ3) is 3.56. The molecule has 0 amide bonds. The molecule has 1 aromatic heterocycles. The fraction of sp³-hybridized carbons (Fsp3) is 0.250. The number of likely N-dealkylation sites (N-methyl/N-ethyl adjacent to an activating group) is 1. The molecule has 0 unspecified atom stereocenters. The van der Waals surface area contributed by atoms with E-state index in [9.17, 15) is 17.2 Å². The Kier molecular flexibility index (Phi) is 4.53. The Morgan fingerprint density at radius 2 is 1.95 bits per heavy atom. The van der Waals surface area contributed by atoms with Gasteiger partial charge in [-0.2, -0.15) is 5.10 Å². The van der Waals surface area contributed by atoms with Crippen LogP contribution in [0.4, 0.5) is 14.5 Å². The molecule has 1 heterocycles. The van der Waals surface area contributed by atoms with Crippen molar-refractivity contribution in [1.29, 1.82) is 0 Å². The highest BCUT2D eigenvalue weighted by atomic mass is 32.2. The van der Waals surface area contributed by atoms with Crippen molar-refractivity contribution in [3.63, 3.8) is 0 Å². The van der Waals surface area contributed by atoms with Crippen LogP contribution in [0, 0.1) is 11.6 Å². The number of hydrogen-bond acceptors (Lipinski definition) is 4. The van der Waals surface area contributed by atoms with Crippen molar-refractivity contribution in [2.45, 2.75) is 11.4 Å². The summed E-state index contributed by atoms with van der Waals surface area (Å²) in [5, 5.41) is 6.77. The molecule has 0 bridgehead atoms. The van der Waals surface area contributed by atoms with Crippen molar-refractivity contribution in [3.8, 4) is 0 Å². The SMILES string of the molecule is CNCCn1cc(S(=O)(=O)Nc2c(F)cccc2F)cn1. The summed E-state index contributed by atoms with van der Waals surface area (Å²) in [5.74, 6) is -1.97. The Balaban J connectivity index is 2.24. The van der Waals surface area contributed by atoms with Crippen LogP contribution in [-0.4, -0.2) is 31.8 Å². The summed E-state index contributed by atoms with van der Waals surface area (Å²) < 4.78 is 54.4. The number of halogens is 2. The molecule has 1 aromatic carbocycles. The fourth-order valence-electron chi connectivity index (χ4n) is 1.62. The number of nitrogens with one attached hydrogen (secondary N) is 2. The van der Waals surface area contributed by atoms with Crippen molar-refractivity contribution in [2.75, 3.05) is 18.3 Å². The van der Waals surface area contributed by atoms with Gasteiger partial charge in [0.2, 0.25) is 0 Å². The van der Waals surface area contributed by atoms with E-state index in [1.54, 1.807) is 7.05 Å². The lowest BCUT2D eigenvalue weighted by Crippen LogP contribution is -2.16. The van der Waals surface area contributed by atoms with Crippen LogP contribution in [0.15, 0.2) is 35.5 Å². The van der Waals surface area contributed by atoms with Gasteiger partial charge in [-0.1, -0.05) is 6.07 Å². The molecular formula is C12H14F2N4O2S. The van der Waals surface area contributed by atoms with Crippen LogP contribution in [-0.2, 0) is 16.6 Å². The van der Waals surface area contributed by atoms with E-state index in [2.05, 4.69) is 10.4 Å². The van der Waals surface area contributed by atoms with Gasteiger partial charge in [0.05, 0.1) is 12.7 Å². The summed E-state index contributed by atoms with van der Waals surface area (Å²) in [7, 11) is -2.34. The third-order valence-electron chi connectivity index (χ3n) is 2.71. The lowest BCUT2D eigenvalue weighted by atomic mass is 10.3. The van der Waals surface area contributed by atoms with Crippen molar-refractivity contribution in [2.24, 2.45) is 0 Å². The molecule has 0 radical (unpaired) electrons. The number of anilines is 1. The van der Waals surface area contributed by atoms with E-state index >= 15 is 0 Å². The summed E-state index contributed by atoms with van der Waals surface area (Å²) in [6.45, 7) is 1.08. The summed E-state index contributed by atoms with van der Waals surface area (Å²) in [5.41, 5.74) is -0.708. The van der Waals surface area contributed by atoms with Crippen LogP contribution in [0.3, 0.4) is 0 Å². The van der Waals surface area contributed by atoms with Gasteiger partial charge in [-0.15, -0.1) is 0 Å². The minimum atomic E-state index is -4.10. The van der Waals surface area contributed by atoms with Crippen LogP contribution in [0.1, 0.15) is 0 Å². The van der Waals surface area contributed by atoms with E-state index in [0.717, 1.165) is 24.4 Å². The predicted octanol–water partition coefficient (Wildman–Crippen LogP) is 1.18. The van der Waals surface area contributed by atoms with Crippen LogP contribution in [0.25, 0.3) is 0 Å². The molecule has 0 atom stereocenters. The van der Waals surface area contributed by atoms with E-state index in [-0.39, 0.29) is 4.90 Å². The fourth-order valence-corrected chi connectivity index (χ4v) is 2.65. The molecule has 0 fully saturated rings. The van der Waals surface area contributed by atoms with Crippen molar-refractivity contribution < 1.29 is 17.2 Å². The highest BCUT2D eigenvalue weighted by Crippen LogP contribution is 2.21. The second-order valence-electron chi connectivity index (χ2n) is 4.24. The van der Waals surface area contributed by atoms with Gasteiger partial charge in [-0.3, -0.25) is 9.40 Å². The highest BCUT2D eigenvalue weighted by Gasteiger charge is 2.20. The topological polar surface area (TPSA) is 76.0 Å². The number of aromatic nitrogens is 2. The molecule has 0 spiro atoms. The molecule has 114 valence electrons. The first-order valence-corrected chi connectivity index (χ1v) is 7.56. The summed E-state index contributed by atoms with van der Waals surface area (Å²) in [4.78, 5) is -0.166. The van der Waals surface area contributed by atoms with Gasteiger partial charge in [-0.25, -0.2) is 17.2 Å². The molecule has 2 N–H and O–H groups in total. The summed E-state index contributed by atoms with van der Waals surface area (Å²) in [6, 6.07) is 3.09.